The van der Waals surface area contributed by atoms with Crippen molar-refractivity contribution in [1.82, 2.24) is 9.97 Å². The molecule has 120 valence electrons. The third-order valence-electron chi connectivity index (χ3n) is 4.92. The van der Waals surface area contributed by atoms with Gasteiger partial charge in [-0.2, -0.15) is 11.8 Å². The van der Waals surface area contributed by atoms with Crippen LogP contribution in [0.2, 0.25) is 0 Å². The molecule has 2 aliphatic carbocycles. The number of morpholine rings is 1. The van der Waals surface area contributed by atoms with Crippen LogP contribution in [0.15, 0.2) is 30.0 Å². The largest absolute Gasteiger partial charge is 0.378 e. The molecule has 2 heterocycles. The Hall–Kier alpha value is -1.55. The number of hydrogen-bond donors (Lipinski definition) is 0. The van der Waals surface area contributed by atoms with Gasteiger partial charge in [-0.3, -0.25) is 0 Å². The summed E-state index contributed by atoms with van der Waals surface area (Å²) in [7, 11) is 0. The molecule has 0 spiro atoms. The molecule has 23 heavy (non-hydrogen) atoms. The fraction of sp³-hybridized carbons (Fsp3) is 0.500. The minimum atomic E-state index is 0.176. The normalized spacial score (nSPS) is 22.1. The van der Waals surface area contributed by atoms with Gasteiger partial charge in [-0.15, -0.1) is 5.73 Å². The van der Waals surface area contributed by atoms with Crippen molar-refractivity contribution in [3.63, 3.8) is 0 Å². The standard InChI is InChI=1S/C18H21N3OS/c1-23-18(7-4-8-18)15-13-16(21-9-11-22-12-10-21)20-17(19-15)14-5-2-3-6-14/h2,5-6,13H,4,7-12H2,1H3. The van der Waals surface area contributed by atoms with Crippen LogP contribution in [0, 0.1) is 0 Å². The molecule has 0 unspecified atom stereocenters. The molecule has 1 aromatic rings. The fourth-order valence-corrected chi connectivity index (χ4v) is 4.29. The molecular weight excluding hydrogens is 306 g/mol. The minimum Gasteiger partial charge on any atom is -0.378 e. The lowest BCUT2D eigenvalue weighted by atomic mass is 9.81. The maximum absolute atomic E-state index is 5.48. The first-order chi connectivity index (χ1) is 11.3. The van der Waals surface area contributed by atoms with E-state index >= 15 is 0 Å². The van der Waals surface area contributed by atoms with Gasteiger partial charge in [0.05, 0.1) is 23.7 Å². The minimum absolute atomic E-state index is 0.176. The third-order valence-corrected chi connectivity index (χ3v) is 6.32. The van der Waals surface area contributed by atoms with E-state index in [1.54, 1.807) is 0 Å². The Kier molecular flexibility index (Phi) is 4.02. The second kappa shape index (κ2) is 6.16. The van der Waals surface area contributed by atoms with Crippen LogP contribution in [0.5, 0.6) is 0 Å². The SMILES string of the molecule is CSC1(c2cc(N3CCOCC3)nc(C3=CC=C=C3)n2)CCC1. The average molecular weight is 327 g/mol. The van der Waals surface area contributed by atoms with E-state index in [2.05, 4.69) is 23.0 Å². The number of anilines is 1. The molecule has 3 aliphatic rings. The van der Waals surface area contributed by atoms with Crippen molar-refractivity contribution in [1.29, 1.82) is 0 Å². The monoisotopic (exact) mass is 327 g/mol. The number of thioether (sulfide) groups is 1. The number of hydrogen-bond acceptors (Lipinski definition) is 5. The van der Waals surface area contributed by atoms with E-state index in [1.165, 1.54) is 25.0 Å². The average Bonchev–Trinajstić information content (AvgIpc) is 3.10. The van der Waals surface area contributed by atoms with Crippen molar-refractivity contribution in [2.75, 3.05) is 37.5 Å². The van der Waals surface area contributed by atoms with Gasteiger partial charge in [0.15, 0.2) is 5.82 Å². The summed E-state index contributed by atoms with van der Waals surface area (Å²) in [5, 5.41) is 0. The molecular formula is C18H21N3OS. The number of allylic oxidation sites excluding steroid dienone is 3. The Bertz CT molecular complexity index is 691. The van der Waals surface area contributed by atoms with Crippen LogP contribution in [-0.4, -0.2) is 42.5 Å². The number of ether oxygens (including phenoxy) is 1. The maximum Gasteiger partial charge on any atom is 0.162 e. The Labute approximate surface area is 141 Å². The first-order valence-electron chi connectivity index (χ1n) is 8.21. The first-order valence-corrected chi connectivity index (χ1v) is 9.44. The van der Waals surface area contributed by atoms with Crippen LogP contribution in [0.1, 0.15) is 30.8 Å². The topological polar surface area (TPSA) is 38.2 Å². The Morgan fingerprint density at radius 2 is 2.09 bits per heavy atom. The molecule has 0 aromatic carbocycles. The first kappa shape index (κ1) is 15.0. The lowest BCUT2D eigenvalue weighted by molar-refractivity contribution is 0.122. The van der Waals surface area contributed by atoms with E-state index in [9.17, 15) is 0 Å². The molecule has 2 fully saturated rings. The molecule has 5 heteroatoms. The summed E-state index contributed by atoms with van der Waals surface area (Å²) in [6, 6.07) is 2.21. The lowest BCUT2D eigenvalue weighted by Gasteiger charge is -2.40. The van der Waals surface area contributed by atoms with E-state index < -0.39 is 0 Å². The van der Waals surface area contributed by atoms with Crippen molar-refractivity contribution in [2.24, 2.45) is 0 Å². The van der Waals surface area contributed by atoms with Crippen LogP contribution in [-0.2, 0) is 9.48 Å². The van der Waals surface area contributed by atoms with E-state index in [-0.39, 0.29) is 4.75 Å². The van der Waals surface area contributed by atoms with Gasteiger partial charge in [-0.1, -0.05) is 0 Å². The maximum atomic E-state index is 5.48. The van der Waals surface area contributed by atoms with Gasteiger partial charge < -0.3 is 9.64 Å². The summed E-state index contributed by atoms with van der Waals surface area (Å²) in [5.41, 5.74) is 5.35. The van der Waals surface area contributed by atoms with Gasteiger partial charge in [0.25, 0.3) is 0 Å². The van der Waals surface area contributed by atoms with Crippen LogP contribution < -0.4 is 4.90 Å². The number of aromatic nitrogens is 2. The lowest BCUT2D eigenvalue weighted by Crippen LogP contribution is -2.38. The van der Waals surface area contributed by atoms with Crippen LogP contribution in [0.25, 0.3) is 5.57 Å². The zero-order valence-electron chi connectivity index (χ0n) is 13.4. The molecule has 0 N–H and O–H groups in total. The predicted octanol–water partition coefficient (Wildman–Crippen LogP) is 3.16. The summed E-state index contributed by atoms with van der Waals surface area (Å²) >= 11 is 1.93. The number of rotatable bonds is 4. The highest BCUT2D eigenvalue weighted by molar-refractivity contribution is 7.99. The highest BCUT2D eigenvalue weighted by Gasteiger charge is 2.40. The van der Waals surface area contributed by atoms with Crippen LogP contribution >= 0.6 is 11.8 Å². The molecule has 1 saturated heterocycles. The van der Waals surface area contributed by atoms with Crippen LogP contribution in [0.4, 0.5) is 5.82 Å². The van der Waals surface area contributed by atoms with Crippen LogP contribution in [0.3, 0.4) is 0 Å². The van der Waals surface area contributed by atoms with E-state index in [4.69, 9.17) is 14.7 Å². The van der Waals surface area contributed by atoms with Gasteiger partial charge >= 0.3 is 0 Å². The summed E-state index contributed by atoms with van der Waals surface area (Å²) in [4.78, 5) is 12.1. The second-order valence-electron chi connectivity index (χ2n) is 6.19. The Balaban J connectivity index is 1.75. The summed E-state index contributed by atoms with van der Waals surface area (Å²) in [6.07, 6.45) is 11.8. The van der Waals surface area contributed by atoms with Gasteiger partial charge in [0, 0.05) is 24.7 Å². The predicted molar refractivity (Wildman–Crippen MR) is 94.7 cm³/mol. The van der Waals surface area contributed by atoms with Gasteiger partial charge in [0.2, 0.25) is 0 Å². The molecule has 1 saturated carbocycles. The van der Waals surface area contributed by atoms with Gasteiger partial charge in [0.1, 0.15) is 5.82 Å². The molecule has 4 nitrogen and oxygen atoms in total. The van der Waals surface area contributed by atoms with E-state index in [0.29, 0.717) is 0 Å². The quantitative estimate of drug-likeness (QED) is 0.794. The van der Waals surface area contributed by atoms with Crippen molar-refractivity contribution < 1.29 is 4.74 Å². The van der Waals surface area contributed by atoms with E-state index in [1.807, 2.05) is 30.0 Å². The Morgan fingerprint density at radius 1 is 1.26 bits per heavy atom. The third kappa shape index (κ3) is 2.74. The molecule has 0 radical (unpaired) electrons. The highest BCUT2D eigenvalue weighted by atomic mass is 32.2. The van der Waals surface area contributed by atoms with Gasteiger partial charge in [-0.25, -0.2) is 9.97 Å². The Morgan fingerprint density at radius 3 is 2.70 bits per heavy atom. The van der Waals surface area contributed by atoms with Crippen molar-refractivity contribution in [3.8, 4) is 0 Å². The second-order valence-corrected chi connectivity index (χ2v) is 7.38. The van der Waals surface area contributed by atoms with Crippen molar-refractivity contribution in [3.05, 3.63) is 41.5 Å². The fourth-order valence-electron chi connectivity index (χ4n) is 3.28. The highest BCUT2D eigenvalue weighted by Crippen LogP contribution is 2.51. The van der Waals surface area contributed by atoms with E-state index in [0.717, 1.165) is 43.5 Å². The zero-order valence-corrected chi connectivity index (χ0v) is 14.2. The molecule has 0 amide bonds. The van der Waals surface area contributed by atoms with Gasteiger partial charge in [-0.05, 0) is 43.7 Å². The summed E-state index contributed by atoms with van der Waals surface area (Å²) < 4.78 is 5.66. The summed E-state index contributed by atoms with van der Waals surface area (Å²) in [6.45, 7) is 3.34. The smallest absolute Gasteiger partial charge is 0.162 e. The molecule has 1 aliphatic heterocycles. The molecule has 1 aromatic heterocycles. The van der Waals surface area contributed by atoms with Crippen molar-refractivity contribution >= 4 is 23.2 Å². The molecule has 4 rings (SSSR count). The van der Waals surface area contributed by atoms with Crippen molar-refractivity contribution in [2.45, 2.75) is 24.0 Å². The summed E-state index contributed by atoms with van der Waals surface area (Å²) in [5.74, 6) is 1.86. The number of nitrogens with zero attached hydrogens (tertiary/aromatic N) is 3. The zero-order chi connectivity index (χ0) is 15.7. The molecule has 0 atom stereocenters. The molecule has 0 bridgehead atoms.